The second-order valence-electron chi connectivity index (χ2n) is 4.91. The van der Waals surface area contributed by atoms with Crippen molar-refractivity contribution in [2.45, 2.75) is 0 Å². The Bertz CT molecular complexity index is 834. The summed E-state index contributed by atoms with van der Waals surface area (Å²) >= 11 is 0. The van der Waals surface area contributed by atoms with E-state index in [1.54, 1.807) is 27.5 Å². The standard InChI is InChI=1S/C18H18N2O3/c1-21-16-7-5-4-6-14(16)20-13-8-9-19-15-11-18(23-3)17(22-2)10-12(13)15/h4-11H,1-3H3,(H,19,20). The van der Waals surface area contributed by atoms with Crippen LogP contribution in [-0.4, -0.2) is 26.3 Å². The van der Waals surface area contributed by atoms with Crippen LogP contribution in [0.1, 0.15) is 0 Å². The molecule has 0 spiro atoms. The van der Waals surface area contributed by atoms with E-state index < -0.39 is 0 Å². The van der Waals surface area contributed by atoms with E-state index in [4.69, 9.17) is 14.2 Å². The Balaban J connectivity index is 2.10. The summed E-state index contributed by atoms with van der Waals surface area (Å²) < 4.78 is 16.1. The van der Waals surface area contributed by atoms with Gasteiger partial charge in [-0.3, -0.25) is 4.98 Å². The predicted octanol–water partition coefficient (Wildman–Crippen LogP) is 4.00. The molecule has 1 N–H and O–H groups in total. The number of methoxy groups -OCH3 is 3. The van der Waals surface area contributed by atoms with Crippen LogP contribution in [0.5, 0.6) is 17.2 Å². The number of rotatable bonds is 5. The highest BCUT2D eigenvalue weighted by atomic mass is 16.5. The molecule has 0 saturated carbocycles. The molecule has 23 heavy (non-hydrogen) atoms. The number of aromatic nitrogens is 1. The molecule has 0 aliphatic rings. The fourth-order valence-electron chi connectivity index (χ4n) is 2.47. The SMILES string of the molecule is COc1ccccc1Nc1ccnc2cc(OC)c(OC)cc12. The second-order valence-corrected chi connectivity index (χ2v) is 4.91. The molecule has 0 amide bonds. The molecule has 118 valence electrons. The van der Waals surface area contributed by atoms with Gasteiger partial charge in [-0.15, -0.1) is 0 Å². The monoisotopic (exact) mass is 310 g/mol. The first-order chi connectivity index (χ1) is 11.3. The number of pyridine rings is 1. The predicted molar refractivity (Wildman–Crippen MR) is 91.1 cm³/mol. The number of hydrogen-bond acceptors (Lipinski definition) is 5. The van der Waals surface area contributed by atoms with Crippen LogP contribution in [0.15, 0.2) is 48.7 Å². The van der Waals surface area contributed by atoms with E-state index in [0.717, 1.165) is 28.0 Å². The van der Waals surface area contributed by atoms with Crippen molar-refractivity contribution in [3.63, 3.8) is 0 Å². The van der Waals surface area contributed by atoms with Gasteiger partial charge in [0, 0.05) is 23.3 Å². The van der Waals surface area contributed by atoms with Gasteiger partial charge in [0.1, 0.15) is 5.75 Å². The molecule has 1 aromatic heterocycles. The molecule has 0 aliphatic carbocycles. The lowest BCUT2D eigenvalue weighted by atomic mass is 10.1. The van der Waals surface area contributed by atoms with Crippen LogP contribution in [0.2, 0.25) is 0 Å². The van der Waals surface area contributed by atoms with E-state index in [1.165, 1.54) is 0 Å². The van der Waals surface area contributed by atoms with Gasteiger partial charge in [0.15, 0.2) is 11.5 Å². The first-order valence-electron chi connectivity index (χ1n) is 7.17. The lowest BCUT2D eigenvalue weighted by Crippen LogP contribution is -1.97. The quantitative estimate of drug-likeness (QED) is 0.772. The first-order valence-corrected chi connectivity index (χ1v) is 7.17. The Morgan fingerprint density at radius 2 is 1.48 bits per heavy atom. The molecule has 2 aromatic carbocycles. The number of nitrogens with one attached hydrogen (secondary N) is 1. The van der Waals surface area contributed by atoms with Crippen LogP contribution >= 0.6 is 0 Å². The van der Waals surface area contributed by atoms with Gasteiger partial charge in [-0.05, 0) is 24.3 Å². The molecule has 5 heteroatoms. The second kappa shape index (κ2) is 6.44. The number of anilines is 2. The minimum absolute atomic E-state index is 0.655. The molecule has 0 aliphatic heterocycles. The van der Waals surface area contributed by atoms with Gasteiger partial charge in [0.05, 0.1) is 32.5 Å². The van der Waals surface area contributed by atoms with E-state index in [0.29, 0.717) is 11.5 Å². The smallest absolute Gasteiger partial charge is 0.162 e. The maximum absolute atomic E-state index is 5.39. The summed E-state index contributed by atoms with van der Waals surface area (Å²) in [5, 5.41) is 4.33. The van der Waals surface area contributed by atoms with Gasteiger partial charge in [-0.1, -0.05) is 12.1 Å². The number of para-hydroxylation sites is 2. The summed E-state index contributed by atoms with van der Waals surface area (Å²) in [6.07, 6.45) is 1.76. The van der Waals surface area contributed by atoms with Crippen molar-refractivity contribution in [3.8, 4) is 17.2 Å². The molecule has 0 unspecified atom stereocenters. The van der Waals surface area contributed by atoms with Crippen molar-refractivity contribution in [3.05, 3.63) is 48.7 Å². The Kier molecular flexibility index (Phi) is 4.19. The molecular weight excluding hydrogens is 292 g/mol. The van der Waals surface area contributed by atoms with Crippen molar-refractivity contribution in [1.29, 1.82) is 0 Å². The minimum Gasteiger partial charge on any atom is -0.495 e. The number of benzene rings is 2. The first kappa shape index (κ1) is 15.0. The molecule has 5 nitrogen and oxygen atoms in total. The lowest BCUT2D eigenvalue weighted by molar-refractivity contribution is 0.356. The topological polar surface area (TPSA) is 52.6 Å². The maximum atomic E-state index is 5.39. The number of fused-ring (bicyclic) bond motifs is 1. The molecule has 0 atom stereocenters. The Labute approximate surface area is 134 Å². The fourth-order valence-corrected chi connectivity index (χ4v) is 2.47. The average molecular weight is 310 g/mol. The number of nitrogens with zero attached hydrogens (tertiary/aromatic N) is 1. The highest BCUT2D eigenvalue weighted by molar-refractivity contribution is 5.95. The number of ether oxygens (including phenoxy) is 3. The average Bonchev–Trinajstić information content (AvgIpc) is 2.61. The molecule has 0 fully saturated rings. The van der Waals surface area contributed by atoms with E-state index in [1.807, 2.05) is 42.5 Å². The molecule has 3 aromatic rings. The van der Waals surface area contributed by atoms with Crippen LogP contribution in [0.3, 0.4) is 0 Å². The number of hydrogen-bond donors (Lipinski definition) is 1. The lowest BCUT2D eigenvalue weighted by Gasteiger charge is -2.14. The fraction of sp³-hybridized carbons (Fsp3) is 0.167. The zero-order chi connectivity index (χ0) is 16.2. The Hall–Kier alpha value is -2.95. The Morgan fingerprint density at radius 1 is 0.783 bits per heavy atom. The van der Waals surface area contributed by atoms with E-state index in [-0.39, 0.29) is 0 Å². The normalized spacial score (nSPS) is 10.4. The van der Waals surface area contributed by atoms with Crippen molar-refractivity contribution in [1.82, 2.24) is 4.98 Å². The summed E-state index contributed by atoms with van der Waals surface area (Å²) in [5.74, 6) is 2.09. The van der Waals surface area contributed by atoms with Crippen LogP contribution in [0.4, 0.5) is 11.4 Å². The van der Waals surface area contributed by atoms with E-state index >= 15 is 0 Å². The molecule has 3 rings (SSSR count). The van der Waals surface area contributed by atoms with Gasteiger partial charge in [0.2, 0.25) is 0 Å². The van der Waals surface area contributed by atoms with Crippen LogP contribution in [0.25, 0.3) is 10.9 Å². The zero-order valence-electron chi connectivity index (χ0n) is 13.3. The van der Waals surface area contributed by atoms with Gasteiger partial charge >= 0.3 is 0 Å². The van der Waals surface area contributed by atoms with Crippen molar-refractivity contribution in [2.24, 2.45) is 0 Å². The van der Waals surface area contributed by atoms with Crippen molar-refractivity contribution in [2.75, 3.05) is 26.6 Å². The van der Waals surface area contributed by atoms with Gasteiger partial charge in [-0.2, -0.15) is 0 Å². The molecule has 0 saturated heterocycles. The highest BCUT2D eigenvalue weighted by Crippen LogP contribution is 2.36. The third-order valence-corrected chi connectivity index (χ3v) is 3.62. The van der Waals surface area contributed by atoms with Gasteiger partial charge in [-0.25, -0.2) is 0 Å². The third kappa shape index (κ3) is 2.85. The molecular formula is C18H18N2O3. The summed E-state index contributed by atoms with van der Waals surface area (Å²) in [6.45, 7) is 0. The van der Waals surface area contributed by atoms with Crippen LogP contribution in [0, 0.1) is 0 Å². The third-order valence-electron chi connectivity index (χ3n) is 3.62. The molecule has 1 heterocycles. The van der Waals surface area contributed by atoms with E-state index in [2.05, 4.69) is 10.3 Å². The van der Waals surface area contributed by atoms with Gasteiger partial charge < -0.3 is 19.5 Å². The summed E-state index contributed by atoms with van der Waals surface area (Å²) in [5.41, 5.74) is 2.63. The largest absolute Gasteiger partial charge is 0.495 e. The minimum atomic E-state index is 0.655. The van der Waals surface area contributed by atoms with E-state index in [9.17, 15) is 0 Å². The van der Waals surface area contributed by atoms with Crippen LogP contribution in [-0.2, 0) is 0 Å². The van der Waals surface area contributed by atoms with Crippen molar-refractivity contribution >= 4 is 22.3 Å². The summed E-state index contributed by atoms with van der Waals surface area (Å²) in [6, 6.07) is 13.5. The highest BCUT2D eigenvalue weighted by Gasteiger charge is 2.11. The summed E-state index contributed by atoms with van der Waals surface area (Å²) in [4.78, 5) is 4.40. The van der Waals surface area contributed by atoms with Crippen LogP contribution < -0.4 is 19.5 Å². The Morgan fingerprint density at radius 3 is 2.22 bits per heavy atom. The van der Waals surface area contributed by atoms with Gasteiger partial charge in [0.25, 0.3) is 0 Å². The van der Waals surface area contributed by atoms with Crippen molar-refractivity contribution < 1.29 is 14.2 Å². The molecule has 0 radical (unpaired) electrons. The molecule has 0 bridgehead atoms. The maximum Gasteiger partial charge on any atom is 0.162 e. The summed E-state index contributed by atoms with van der Waals surface area (Å²) in [7, 11) is 4.88. The zero-order valence-corrected chi connectivity index (χ0v) is 13.3.